The van der Waals surface area contributed by atoms with Crippen molar-refractivity contribution < 1.29 is 9.53 Å². The number of amides is 1. The molecule has 0 saturated carbocycles. The number of aliphatic imine (C=N–C) groups is 1. The fourth-order valence-electron chi connectivity index (χ4n) is 4.49. The summed E-state index contributed by atoms with van der Waals surface area (Å²) in [6, 6.07) is 19.0. The van der Waals surface area contributed by atoms with Crippen LogP contribution in [0.25, 0.3) is 0 Å². The third-order valence-corrected chi connectivity index (χ3v) is 6.45. The molecule has 2 heterocycles. The fourth-order valence-corrected chi connectivity index (χ4v) is 4.49. The summed E-state index contributed by atoms with van der Waals surface area (Å²) in [5, 5.41) is 6.97. The first-order chi connectivity index (χ1) is 16.1. The minimum absolute atomic E-state index is 0. The van der Waals surface area contributed by atoms with E-state index in [2.05, 4.69) is 51.7 Å². The second-order valence-electron chi connectivity index (χ2n) is 8.77. The van der Waals surface area contributed by atoms with Crippen molar-refractivity contribution in [2.45, 2.75) is 25.3 Å². The van der Waals surface area contributed by atoms with Crippen molar-refractivity contribution in [3.05, 3.63) is 65.7 Å². The molecule has 1 amide bonds. The van der Waals surface area contributed by atoms with Gasteiger partial charge in [0.1, 0.15) is 0 Å². The molecule has 7 nitrogen and oxygen atoms in total. The summed E-state index contributed by atoms with van der Waals surface area (Å²) in [5.41, 5.74) is 3.55. The third-order valence-electron chi connectivity index (χ3n) is 6.45. The molecule has 0 aliphatic carbocycles. The minimum atomic E-state index is -0.268. The summed E-state index contributed by atoms with van der Waals surface area (Å²) in [7, 11) is 1.78. The Morgan fingerprint density at radius 1 is 1.09 bits per heavy atom. The summed E-state index contributed by atoms with van der Waals surface area (Å²) in [5.74, 6) is 0.607. The highest BCUT2D eigenvalue weighted by Crippen LogP contribution is 2.21. The summed E-state index contributed by atoms with van der Waals surface area (Å²) in [4.78, 5) is 22.1. The Bertz CT molecular complexity index is 932. The number of hydrogen-bond donors (Lipinski definition) is 2. The third kappa shape index (κ3) is 6.85. The monoisotopic (exact) mass is 577 g/mol. The maximum atomic E-state index is 13.3. The molecule has 2 N–H and O–H groups in total. The number of nitrogens with one attached hydrogen (secondary N) is 2. The van der Waals surface area contributed by atoms with Crippen LogP contribution in [0.15, 0.2) is 59.6 Å². The first-order valence-corrected chi connectivity index (χ1v) is 11.8. The van der Waals surface area contributed by atoms with Crippen molar-refractivity contribution in [2.75, 3.05) is 57.9 Å². The number of benzene rings is 2. The van der Waals surface area contributed by atoms with Gasteiger partial charge in [0, 0.05) is 51.5 Å². The Kier molecular flexibility index (Phi) is 10.0. The van der Waals surface area contributed by atoms with Crippen LogP contribution in [0.3, 0.4) is 0 Å². The standard InChI is InChI=1S/C26H35N5O2.HI/c1-20-8-10-23(11-9-20)31-13-12-22(19-31)29-26(27-2)28-18-24(21-6-4-3-5-7-21)25(32)30-14-16-33-17-15-30;/h3-11,22,24H,12-19H2,1-2H3,(H2,27,28,29);1H. The average molecular weight is 578 g/mol. The quantitative estimate of drug-likeness (QED) is 0.314. The molecule has 0 spiro atoms. The Balaban J connectivity index is 0.00000324. The lowest BCUT2D eigenvalue weighted by molar-refractivity contribution is -0.136. The zero-order valence-corrected chi connectivity index (χ0v) is 22.4. The van der Waals surface area contributed by atoms with E-state index >= 15 is 0 Å². The zero-order valence-electron chi connectivity index (χ0n) is 20.1. The molecule has 2 unspecified atom stereocenters. The summed E-state index contributed by atoms with van der Waals surface area (Å²) < 4.78 is 5.43. The molecule has 0 bridgehead atoms. The maximum absolute atomic E-state index is 13.3. The molecule has 2 aromatic rings. The van der Waals surface area contributed by atoms with Gasteiger partial charge in [-0.3, -0.25) is 9.79 Å². The van der Waals surface area contributed by atoms with E-state index in [-0.39, 0.29) is 35.8 Å². The van der Waals surface area contributed by atoms with E-state index in [0.717, 1.165) is 31.0 Å². The zero-order chi connectivity index (χ0) is 23.0. The lowest BCUT2D eigenvalue weighted by Gasteiger charge is -2.31. The topological polar surface area (TPSA) is 69.2 Å². The predicted molar refractivity (Wildman–Crippen MR) is 148 cm³/mol. The minimum Gasteiger partial charge on any atom is -0.378 e. The van der Waals surface area contributed by atoms with Gasteiger partial charge in [-0.2, -0.15) is 0 Å². The highest BCUT2D eigenvalue weighted by molar-refractivity contribution is 14.0. The van der Waals surface area contributed by atoms with Crippen LogP contribution in [-0.4, -0.2) is 75.8 Å². The van der Waals surface area contributed by atoms with Crippen LogP contribution in [0, 0.1) is 6.92 Å². The van der Waals surface area contributed by atoms with E-state index in [1.54, 1.807) is 7.05 Å². The van der Waals surface area contributed by atoms with Gasteiger partial charge in [-0.15, -0.1) is 24.0 Å². The Labute approximate surface area is 220 Å². The number of halogens is 1. The van der Waals surface area contributed by atoms with Crippen LogP contribution in [0.4, 0.5) is 5.69 Å². The predicted octanol–water partition coefficient (Wildman–Crippen LogP) is 3.00. The lowest BCUT2D eigenvalue weighted by Crippen LogP contribution is -2.49. The summed E-state index contributed by atoms with van der Waals surface area (Å²) in [6.07, 6.45) is 1.05. The molecule has 0 radical (unpaired) electrons. The molecule has 34 heavy (non-hydrogen) atoms. The first kappa shape index (κ1) is 26.3. The SMILES string of the molecule is CN=C(NCC(C(=O)N1CCOCC1)c1ccccc1)NC1CCN(c2ccc(C)cc2)C1.I. The molecule has 0 aromatic heterocycles. The van der Waals surface area contributed by atoms with Crippen LogP contribution in [-0.2, 0) is 9.53 Å². The smallest absolute Gasteiger partial charge is 0.232 e. The van der Waals surface area contributed by atoms with Gasteiger partial charge < -0.3 is 25.2 Å². The van der Waals surface area contributed by atoms with Gasteiger partial charge in [0.05, 0.1) is 19.1 Å². The van der Waals surface area contributed by atoms with Crippen molar-refractivity contribution in [3.8, 4) is 0 Å². The second kappa shape index (κ2) is 12.9. The first-order valence-electron chi connectivity index (χ1n) is 11.8. The fraction of sp³-hybridized carbons (Fsp3) is 0.462. The van der Waals surface area contributed by atoms with Crippen LogP contribution in [0.1, 0.15) is 23.5 Å². The molecule has 4 rings (SSSR count). The number of nitrogens with zero attached hydrogens (tertiary/aromatic N) is 3. The van der Waals surface area contributed by atoms with Crippen LogP contribution >= 0.6 is 24.0 Å². The van der Waals surface area contributed by atoms with Crippen molar-refractivity contribution in [1.29, 1.82) is 0 Å². The number of guanidine groups is 1. The Morgan fingerprint density at radius 3 is 2.47 bits per heavy atom. The number of hydrogen-bond acceptors (Lipinski definition) is 4. The molecule has 2 fully saturated rings. The van der Waals surface area contributed by atoms with Gasteiger partial charge in [-0.05, 0) is 31.0 Å². The van der Waals surface area contributed by atoms with Crippen molar-refractivity contribution in [3.63, 3.8) is 0 Å². The molecular formula is C26H36IN5O2. The van der Waals surface area contributed by atoms with Gasteiger partial charge in [0.25, 0.3) is 0 Å². The van der Waals surface area contributed by atoms with Crippen LogP contribution in [0.2, 0.25) is 0 Å². The van der Waals surface area contributed by atoms with Gasteiger partial charge in [-0.25, -0.2) is 0 Å². The number of anilines is 1. The lowest BCUT2D eigenvalue weighted by atomic mass is 9.97. The molecule has 2 atom stereocenters. The molecule has 2 aliphatic heterocycles. The summed E-state index contributed by atoms with van der Waals surface area (Å²) >= 11 is 0. The van der Waals surface area contributed by atoms with E-state index in [1.807, 2.05) is 35.2 Å². The molecule has 2 saturated heterocycles. The Morgan fingerprint density at radius 2 is 1.79 bits per heavy atom. The van der Waals surface area contributed by atoms with Crippen LogP contribution < -0.4 is 15.5 Å². The Hall–Kier alpha value is -2.33. The highest BCUT2D eigenvalue weighted by Gasteiger charge is 2.28. The largest absolute Gasteiger partial charge is 0.378 e. The number of morpholine rings is 1. The van der Waals surface area contributed by atoms with E-state index in [4.69, 9.17) is 4.74 Å². The maximum Gasteiger partial charge on any atom is 0.232 e. The highest BCUT2D eigenvalue weighted by atomic mass is 127. The van der Waals surface area contributed by atoms with Crippen molar-refractivity contribution in [1.82, 2.24) is 15.5 Å². The molecular weight excluding hydrogens is 541 g/mol. The number of carbonyl (C=O) groups is 1. The molecule has 2 aliphatic rings. The van der Waals surface area contributed by atoms with E-state index < -0.39 is 0 Å². The van der Waals surface area contributed by atoms with E-state index in [9.17, 15) is 4.79 Å². The summed E-state index contributed by atoms with van der Waals surface area (Å²) in [6.45, 7) is 7.04. The van der Waals surface area contributed by atoms with Crippen molar-refractivity contribution >= 4 is 41.5 Å². The number of ether oxygens (including phenoxy) is 1. The van der Waals surface area contributed by atoms with Crippen molar-refractivity contribution in [2.24, 2.45) is 4.99 Å². The van der Waals surface area contributed by atoms with Gasteiger partial charge in [0.2, 0.25) is 5.91 Å². The van der Waals surface area contributed by atoms with Gasteiger partial charge in [0.15, 0.2) is 5.96 Å². The van der Waals surface area contributed by atoms with Gasteiger partial charge >= 0.3 is 0 Å². The van der Waals surface area contributed by atoms with Gasteiger partial charge in [-0.1, -0.05) is 48.0 Å². The number of carbonyl (C=O) groups excluding carboxylic acids is 1. The molecule has 8 heteroatoms. The van der Waals surface area contributed by atoms with Crippen LogP contribution in [0.5, 0.6) is 0 Å². The number of rotatable bonds is 6. The van der Waals surface area contributed by atoms with E-state index in [0.29, 0.717) is 38.9 Å². The second-order valence-corrected chi connectivity index (χ2v) is 8.77. The van der Waals surface area contributed by atoms with E-state index in [1.165, 1.54) is 11.3 Å². The number of aryl methyl sites for hydroxylation is 1. The normalized spacial score (nSPS) is 19.4. The molecule has 184 valence electrons. The molecule has 2 aromatic carbocycles. The average Bonchev–Trinajstić information content (AvgIpc) is 3.33.